The van der Waals surface area contributed by atoms with Crippen LogP contribution in [0.4, 0.5) is 0 Å². The van der Waals surface area contributed by atoms with Crippen molar-refractivity contribution in [2.75, 3.05) is 6.61 Å². The van der Waals surface area contributed by atoms with Gasteiger partial charge in [-0.25, -0.2) is 0 Å². The molecule has 0 aliphatic heterocycles. The summed E-state index contributed by atoms with van der Waals surface area (Å²) in [6.07, 6.45) is 3.14. The van der Waals surface area contributed by atoms with Crippen LogP contribution in [0.3, 0.4) is 0 Å². The molecule has 1 rings (SSSR count). The van der Waals surface area contributed by atoms with E-state index in [4.69, 9.17) is 10.5 Å². The summed E-state index contributed by atoms with van der Waals surface area (Å²) < 4.78 is 5.78. The van der Waals surface area contributed by atoms with Gasteiger partial charge in [-0.2, -0.15) is 0 Å². The van der Waals surface area contributed by atoms with Crippen molar-refractivity contribution in [2.24, 2.45) is 5.73 Å². The molecule has 2 N–H and O–H groups in total. The molecular formula is C14H23NO. The molecule has 1 aromatic carbocycles. The molecule has 0 aliphatic carbocycles. The van der Waals surface area contributed by atoms with E-state index >= 15 is 0 Å². The number of nitrogens with two attached hydrogens (primary N) is 1. The summed E-state index contributed by atoms with van der Waals surface area (Å²) >= 11 is 0. The van der Waals surface area contributed by atoms with Gasteiger partial charge in [0, 0.05) is 6.04 Å². The van der Waals surface area contributed by atoms with E-state index in [1.807, 2.05) is 6.92 Å². The van der Waals surface area contributed by atoms with Crippen molar-refractivity contribution in [3.05, 3.63) is 29.3 Å². The molecule has 1 atom stereocenters. The zero-order chi connectivity index (χ0) is 12.0. The average Bonchev–Trinajstić information content (AvgIpc) is 2.20. The summed E-state index contributed by atoms with van der Waals surface area (Å²) in [4.78, 5) is 0. The third-order valence-corrected chi connectivity index (χ3v) is 2.51. The summed E-state index contributed by atoms with van der Waals surface area (Å²) in [5.41, 5.74) is 8.33. The number of ether oxygens (including phenoxy) is 1. The fourth-order valence-electron chi connectivity index (χ4n) is 1.68. The highest BCUT2D eigenvalue weighted by Crippen LogP contribution is 2.21. The summed E-state index contributed by atoms with van der Waals surface area (Å²) in [6.45, 7) is 7.09. The van der Waals surface area contributed by atoms with E-state index in [2.05, 4.69) is 32.0 Å². The number of unbranched alkanes of at least 4 members (excludes halogenated alkanes) is 1. The molecule has 0 aliphatic rings. The number of benzene rings is 1. The van der Waals surface area contributed by atoms with Gasteiger partial charge < -0.3 is 10.5 Å². The Kier molecular flexibility index (Phi) is 5.33. The normalized spacial score (nSPS) is 12.5. The topological polar surface area (TPSA) is 35.2 Å². The second kappa shape index (κ2) is 6.54. The van der Waals surface area contributed by atoms with Crippen LogP contribution in [-0.2, 0) is 6.42 Å². The maximum Gasteiger partial charge on any atom is 0.122 e. The molecular weight excluding hydrogens is 198 g/mol. The van der Waals surface area contributed by atoms with E-state index in [0.717, 1.165) is 31.6 Å². The minimum Gasteiger partial charge on any atom is -0.493 e. The van der Waals surface area contributed by atoms with Gasteiger partial charge in [-0.1, -0.05) is 31.0 Å². The molecule has 0 heterocycles. The van der Waals surface area contributed by atoms with Crippen molar-refractivity contribution in [1.82, 2.24) is 0 Å². The monoisotopic (exact) mass is 221 g/mol. The molecule has 2 nitrogen and oxygen atoms in total. The Hall–Kier alpha value is -1.02. The van der Waals surface area contributed by atoms with Crippen LogP contribution in [0.2, 0.25) is 0 Å². The molecule has 16 heavy (non-hydrogen) atoms. The Morgan fingerprint density at radius 2 is 2.12 bits per heavy atom. The van der Waals surface area contributed by atoms with Gasteiger partial charge in [0.15, 0.2) is 0 Å². The zero-order valence-corrected chi connectivity index (χ0v) is 10.6. The van der Waals surface area contributed by atoms with Gasteiger partial charge in [-0.3, -0.25) is 0 Å². The van der Waals surface area contributed by atoms with Crippen molar-refractivity contribution in [3.8, 4) is 5.75 Å². The Morgan fingerprint density at radius 3 is 2.75 bits per heavy atom. The van der Waals surface area contributed by atoms with Gasteiger partial charge in [-0.05, 0) is 38.3 Å². The standard InChI is InChI=1S/C14H23NO/c1-4-5-8-16-14-7-6-11(2)9-13(14)10-12(3)15/h6-7,9,12H,4-5,8,10,15H2,1-3H3. The number of rotatable bonds is 6. The number of hydrogen-bond donors (Lipinski definition) is 1. The van der Waals surface area contributed by atoms with Crippen LogP contribution in [0.5, 0.6) is 5.75 Å². The number of aryl methyl sites for hydroxylation is 1. The van der Waals surface area contributed by atoms with Gasteiger partial charge in [0.1, 0.15) is 5.75 Å². The Labute approximate surface area is 98.8 Å². The van der Waals surface area contributed by atoms with E-state index in [9.17, 15) is 0 Å². The summed E-state index contributed by atoms with van der Waals surface area (Å²) in [7, 11) is 0. The van der Waals surface area contributed by atoms with Gasteiger partial charge in [0.25, 0.3) is 0 Å². The molecule has 0 fully saturated rings. The second-order valence-electron chi connectivity index (χ2n) is 4.49. The van der Waals surface area contributed by atoms with Crippen LogP contribution in [0, 0.1) is 6.92 Å². The zero-order valence-electron chi connectivity index (χ0n) is 10.6. The molecule has 2 heteroatoms. The second-order valence-corrected chi connectivity index (χ2v) is 4.49. The van der Waals surface area contributed by atoms with E-state index < -0.39 is 0 Å². The van der Waals surface area contributed by atoms with Crippen molar-refractivity contribution >= 4 is 0 Å². The van der Waals surface area contributed by atoms with Crippen LogP contribution in [-0.4, -0.2) is 12.6 Å². The molecule has 0 saturated carbocycles. The minimum atomic E-state index is 0.176. The molecule has 0 radical (unpaired) electrons. The first-order valence-corrected chi connectivity index (χ1v) is 6.11. The maximum atomic E-state index is 5.84. The molecule has 0 bridgehead atoms. The van der Waals surface area contributed by atoms with Crippen molar-refractivity contribution in [3.63, 3.8) is 0 Å². The highest BCUT2D eigenvalue weighted by Gasteiger charge is 2.06. The first-order chi connectivity index (χ1) is 7.63. The largest absolute Gasteiger partial charge is 0.493 e. The fourth-order valence-corrected chi connectivity index (χ4v) is 1.68. The van der Waals surface area contributed by atoms with Crippen molar-refractivity contribution in [2.45, 2.75) is 46.1 Å². The minimum absolute atomic E-state index is 0.176. The lowest BCUT2D eigenvalue weighted by Gasteiger charge is -2.13. The Balaban J connectivity index is 2.72. The van der Waals surface area contributed by atoms with Gasteiger partial charge in [0.05, 0.1) is 6.61 Å². The van der Waals surface area contributed by atoms with Gasteiger partial charge in [0.2, 0.25) is 0 Å². The summed E-state index contributed by atoms with van der Waals surface area (Å²) in [5, 5.41) is 0. The smallest absolute Gasteiger partial charge is 0.122 e. The number of hydrogen-bond acceptors (Lipinski definition) is 2. The Morgan fingerprint density at radius 1 is 1.38 bits per heavy atom. The SMILES string of the molecule is CCCCOc1ccc(C)cc1CC(C)N. The third-order valence-electron chi connectivity index (χ3n) is 2.51. The van der Waals surface area contributed by atoms with Crippen LogP contribution in [0.15, 0.2) is 18.2 Å². The lowest BCUT2D eigenvalue weighted by molar-refractivity contribution is 0.305. The van der Waals surface area contributed by atoms with E-state index in [1.165, 1.54) is 11.1 Å². The average molecular weight is 221 g/mol. The molecule has 0 aromatic heterocycles. The molecule has 90 valence electrons. The highest BCUT2D eigenvalue weighted by atomic mass is 16.5. The van der Waals surface area contributed by atoms with Crippen LogP contribution >= 0.6 is 0 Å². The van der Waals surface area contributed by atoms with Gasteiger partial charge in [-0.15, -0.1) is 0 Å². The molecule has 0 saturated heterocycles. The highest BCUT2D eigenvalue weighted by molar-refractivity contribution is 5.37. The van der Waals surface area contributed by atoms with Crippen molar-refractivity contribution in [1.29, 1.82) is 0 Å². The summed E-state index contributed by atoms with van der Waals surface area (Å²) in [5.74, 6) is 0.997. The first kappa shape index (κ1) is 13.0. The lowest BCUT2D eigenvalue weighted by atomic mass is 10.0. The van der Waals surface area contributed by atoms with E-state index in [-0.39, 0.29) is 6.04 Å². The lowest BCUT2D eigenvalue weighted by Crippen LogP contribution is -2.18. The van der Waals surface area contributed by atoms with Crippen LogP contribution < -0.4 is 10.5 Å². The third kappa shape index (κ3) is 4.23. The fraction of sp³-hybridized carbons (Fsp3) is 0.571. The molecule has 1 unspecified atom stereocenters. The van der Waals surface area contributed by atoms with Crippen LogP contribution in [0.1, 0.15) is 37.8 Å². The van der Waals surface area contributed by atoms with Crippen LogP contribution in [0.25, 0.3) is 0 Å². The van der Waals surface area contributed by atoms with Gasteiger partial charge >= 0.3 is 0 Å². The van der Waals surface area contributed by atoms with E-state index in [0.29, 0.717) is 0 Å². The van der Waals surface area contributed by atoms with Crippen molar-refractivity contribution < 1.29 is 4.74 Å². The predicted octanol–water partition coefficient (Wildman–Crippen LogP) is 3.06. The molecule has 1 aromatic rings. The summed E-state index contributed by atoms with van der Waals surface area (Å²) in [6, 6.07) is 6.49. The first-order valence-electron chi connectivity index (χ1n) is 6.11. The predicted molar refractivity (Wildman–Crippen MR) is 68.9 cm³/mol. The molecule has 0 spiro atoms. The Bertz CT molecular complexity index is 321. The van der Waals surface area contributed by atoms with E-state index in [1.54, 1.807) is 0 Å². The quantitative estimate of drug-likeness (QED) is 0.749. The maximum absolute atomic E-state index is 5.84. The molecule has 0 amide bonds.